The Labute approximate surface area is 112 Å². The second-order valence-electron chi connectivity index (χ2n) is 5.96. The van der Waals surface area contributed by atoms with E-state index in [1.807, 2.05) is 19.9 Å². The standard InChI is InChI=1S/C17H26O/c1-7-8-14-15(12(4)5)10-17(18)13(6)16(14)9-11(2)3/h7,11,14-15H,1,4,8-10H2,2-3,5-6H3/t14-,15+/m1/s1. The summed E-state index contributed by atoms with van der Waals surface area (Å²) in [6.45, 7) is 16.4. The average molecular weight is 246 g/mol. The summed E-state index contributed by atoms with van der Waals surface area (Å²) in [5.74, 6) is 1.62. The van der Waals surface area contributed by atoms with Crippen molar-refractivity contribution in [3.05, 3.63) is 36.0 Å². The zero-order valence-electron chi connectivity index (χ0n) is 12.3. The Balaban J connectivity index is 3.16. The zero-order valence-corrected chi connectivity index (χ0v) is 12.3. The van der Waals surface area contributed by atoms with Crippen LogP contribution in [0.15, 0.2) is 36.0 Å². The fraction of sp³-hybridized carbons (Fsp3) is 0.588. The molecule has 0 radical (unpaired) electrons. The number of rotatable bonds is 5. The highest BCUT2D eigenvalue weighted by Crippen LogP contribution is 2.41. The van der Waals surface area contributed by atoms with Crippen LogP contribution in [0.2, 0.25) is 0 Å². The number of carbonyl (C=O) groups excluding carboxylic acids is 1. The van der Waals surface area contributed by atoms with Crippen LogP contribution in [-0.2, 0) is 4.79 Å². The van der Waals surface area contributed by atoms with Crippen molar-refractivity contribution in [2.75, 3.05) is 0 Å². The topological polar surface area (TPSA) is 17.1 Å². The van der Waals surface area contributed by atoms with Crippen molar-refractivity contribution in [3.63, 3.8) is 0 Å². The maximum absolute atomic E-state index is 12.1. The molecule has 0 aliphatic heterocycles. The summed E-state index contributed by atoms with van der Waals surface area (Å²) in [5, 5.41) is 0. The molecule has 1 aliphatic carbocycles. The lowest BCUT2D eigenvalue weighted by Crippen LogP contribution is -2.28. The molecule has 1 nitrogen and oxygen atoms in total. The van der Waals surface area contributed by atoms with E-state index in [1.54, 1.807) is 0 Å². The van der Waals surface area contributed by atoms with E-state index in [4.69, 9.17) is 0 Å². The van der Waals surface area contributed by atoms with Gasteiger partial charge in [0.05, 0.1) is 0 Å². The van der Waals surface area contributed by atoms with Gasteiger partial charge in [-0.15, -0.1) is 6.58 Å². The van der Waals surface area contributed by atoms with Crippen LogP contribution in [0.1, 0.15) is 47.0 Å². The summed E-state index contributed by atoms with van der Waals surface area (Å²) < 4.78 is 0. The van der Waals surface area contributed by atoms with E-state index >= 15 is 0 Å². The van der Waals surface area contributed by atoms with Crippen molar-refractivity contribution in [1.82, 2.24) is 0 Å². The molecular formula is C17H26O. The van der Waals surface area contributed by atoms with Gasteiger partial charge in [0.1, 0.15) is 0 Å². The second kappa shape index (κ2) is 6.17. The summed E-state index contributed by atoms with van der Waals surface area (Å²) in [4.78, 5) is 12.1. The van der Waals surface area contributed by atoms with Crippen molar-refractivity contribution >= 4 is 5.78 Å². The van der Waals surface area contributed by atoms with Crippen LogP contribution in [0.4, 0.5) is 0 Å². The first-order chi connectivity index (χ1) is 8.38. The SMILES string of the molecule is C=CC[C@H]1C(CC(C)C)=C(C)C(=O)C[C@H]1C(=C)C. The minimum absolute atomic E-state index is 0.299. The number of allylic oxidation sites excluding steroid dienone is 4. The molecule has 0 bridgehead atoms. The second-order valence-corrected chi connectivity index (χ2v) is 5.96. The minimum Gasteiger partial charge on any atom is -0.295 e. The quantitative estimate of drug-likeness (QED) is 0.642. The molecule has 2 atom stereocenters. The first-order valence-electron chi connectivity index (χ1n) is 6.87. The molecule has 100 valence electrons. The van der Waals surface area contributed by atoms with Gasteiger partial charge in [-0.05, 0) is 50.0 Å². The van der Waals surface area contributed by atoms with Crippen LogP contribution in [0.25, 0.3) is 0 Å². The van der Waals surface area contributed by atoms with E-state index in [9.17, 15) is 4.79 Å². The highest BCUT2D eigenvalue weighted by Gasteiger charge is 2.33. The van der Waals surface area contributed by atoms with Crippen molar-refractivity contribution < 1.29 is 4.79 Å². The summed E-state index contributed by atoms with van der Waals surface area (Å²) in [5.41, 5.74) is 3.46. The third kappa shape index (κ3) is 3.22. The molecule has 18 heavy (non-hydrogen) atoms. The smallest absolute Gasteiger partial charge is 0.159 e. The summed E-state index contributed by atoms with van der Waals surface area (Å²) >= 11 is 0. The Kier molecular flexibility index (Phi) is 5.13. The molecule has 0 N–H and O–H groups in total. The predicted octanol–water partition coefficient (Wildman–Crippen LogP) is 4.71. The monoisotopic (exact) mass is 246 g/mol. The van der Waals surface area contributed by atoms with Crippen LogP contribution in [0.5, 0.6) is 0 Å². The third-order valence-electron chi connectivity index (χ3n) is 3.92. The van der Waals surface area contributed by atoms with E-state index in [0.717, 1.165) is 24.0 Å². The molecule has 0 unspecified atom stereocenters. The van der Waals surface area contributed by atoms with E-state index in [0.29, 0.717) is 30.0 Å². The predicted molar refractivity (Wildman–Crippen MR) is 78.4 cm³/mol. The molecule has 0 fully saturated rings. The fourth-order valence-electron chi connectivity index (χ4n) is 2.94. The molecule has 0 saturated carbocycles. The van der Waals surface area contributed by atoms with Crippen LogP contribution in [0, 0.1) is 17.8 Å². The number of hydrogen-bond acceptors (Lipinski definition) is 1. The fourth-order valence-corrected chi connectivity index (χ4v) is 2.94. The molecule has 0 spiro atoms. The average Bonchev–Trinajstić information content (AvgIpc) is 2.27. The largest absolute Gasteiger partial charge is 0.295 e. The molecule has 0 amide bonds. The highest BCUT2D eigenvalue weighted by atomic mass is 16.1. The van der Waals surface area contributed by atoms with Gasteiger partial charge in [-0.25, -0.2) is 0 Å². The lowest BCUT2D eigenvalue weighted by atomic mass is 9.69. The van der Waals surface area contributed by atoms with Crippen molar-refractivity contribution in [2.24, 2.45) is 17.8 Å². The summed E-state index contributed by atoms with van der Waals surface area (Å²) in [6, 6.07) is 0. The van der Waals surface area contributed by atoms with Crippen LogP contribution >= 0.6 is 0 Å². The molecule has 0 heterocycles. The molecule has 1 rings (SSSR count). The van der Waals surface area contributed by atoms with Gasteiger partial charge in [-0.3, -0.25) is 4.79 Å². The first kappa shape index (κ1) is 14.9. The molecule has 1 aliphatic rings. The third-order valence-corrected chi connectivity index (χ3v) is 3.92. The number of Topliss-reactive ketones (excluding diaryl/α,β-unsaturated/α-hetero) is 1. The van der Waals surface area contributed by atoms with Gasteiger partial charge in [0, 0.05) is 6.42 Å². The maximum Gasteiger partial charge on any atom is 0.159 e. The van der Waals surface area contributed by atoms with Gasteiger partial charge in [0.25, 0.3) is 0 Å². The molecule has 0 aromatic rings. The lowest BCUT2D eigenvalue weighted by molar-refractivity contribution is -0.117. The number of ketones is 1. The Morgan fingerprint density at radius 2 is 2.11 bits per heavy atom. The Hall–Kier alpha value is -1.11. The molecule has 0 aromatic heterocycles. The van der Waals surface area contributed by atoms with Crippen LogP contribution < -0.4 is 0 Å². The van der Waals surface area contributed by atoms with Gasteiger partial charge in [0.2, 0.25) is 0 Å². The summed E-state index contributed by atoms with van der Waals surface area (Å²) in [7, 11) is 0. The van der Waals surface area contributed by atoms with Gasteiger partial charge in [-0.1, -0.05) is 37.6 Å². The Morgan fingerprint density at radius 3 is 2.56 bits per heavy atom. The van der Waals surface area contributed by atoms with E-state index < -0.39 is 0 Å². The zero-order chi connectivity index (χ0) is 13.9. The van der Waals surface area contributed by atoms with Gasteiger partial charge in [-0.2, -0.15) is 0 Å². The van der Waals surface area contributed by atoms with Crippen molar-refractivity contribution in [2.45, 2.75) is 47.0 Å². The lowest BCUT2D eigenvalue weighted by Gasteiger charge is -2.35. The van der Waals surface area contributed by atoms with E-state index in [1.165, 1.54) is 5.57 Å². The molecule has 0 aromatic carbocycles. The molecule has 1 heteroatoms. The van der Waals surface area contributed by atoms with E-state index in [2.05, 4.69) is 27.0 Å². The number of hydrogen-bond donors (Lipinski definition) is 0. The van der Waals surface area contributed by atoms with Gasteiger partial charge in [0.15, 0.2) is 5.78 Å². The van der Waals surface area contributed by atoms with E-state index in [-0.39, 0.29) is 0 Å². The Morgan fingerprint density at radius 1 is 1.50 bits per heavy atom. The van der Waals surface area contributed by atoms with Gasteiger partial charge >= 0.3 is 0 Å². The summed E-state index contributed by atoms with van der Waals surface area (Å²) in [6.07, 6.45) is 4.56. The highest BCUT2D eigenvalue weighted by molar-refractivity contribution is 5.97. The normalized spacial score (nSPS) is 24.6. The minimum atomic E-state index is 0.299. The van der Waals surface area contributed by atoms with Gasteiger partial charge < -0.3 is 0 Å². The molecular weight excluding hydrogens is 220 g/mol. The maximum atomic E-state index is 12.1. The molecule has 0 saturated heterocycles. The van der Waals surface area contributed by atoms with Crippen molar-refractivity contribution in [1.29, 1.82) is 0 Å². The Bertz CT molecular complexity index is 384. The van der Waals surface area contributed by atoms with Crippen LogP contribution in [-0.4, -0.2) is 5.78 Å². The van der Waals surface area contributed by atoms with Crippen molar-refractivity contribution in [3.8, 4) is 0 Å². The first-order valence-corrected chi connectivity index (χ1v) is 6.87. The number of carbonyl (C=O) groups is 1. The van der Waals surface area contributed by atoms with Crippen LogP contribution in [0.3, 0.4) is 0 Å².